The molecule has 0 bridgehead atoms. The topological polar surface area (TPSA) is 88.4 Å². The van der Waals surface area contributed by atoms with Gasteiger partial charge in [0.1, 0.15) is 5.82 Å². The smallest absolute Gasteiger partial charge is 0.336 e. The number of halogens is 3. The summed E-state index contributed by atoms with van der Waals surface area (Å²) in [6, 6.07) is 5.58. The number of carbonyl (C=O) groups excluding carboxylic acids is 1. The van der Waals surface area contributed by atoms with Crippen LogP contribution in [-0.4, -0.2) is 64.2 Å². The highest BCUT2D eigenvalue weighted by molar-refractivity contribution is 7.88. The van der Waals surface area contributed by atoms with Gasteiger partial charge in [-0.3, -0.25) is 4.79 Å². The van der Waals surface area contributed by atoms with Crippen LogP contribution in [0.25, 0.3) is 0 Å². The van der Waals surface area contributed by atoms with Crippen molar-refractivity contribution >= 4 is 15.9 Å². The lowest BCUT2D eigenvalue weighted by Gasteiger charge is -2.33. The predicted molar refractivity (Wildman–Crippen MR) is 105 cm³/mol. The van der Waals surface area contributed by atoms with Gasteiger partial charge in [0.05, 0.1) is 18.4 Å². The first kappa shape index (κ1) is 21.8. The average molecular weight is 457 g/mol. The van der Waals surface area contributed by atoms with Crippen LogP contribution in [0, 0.1) is 0 Å². The van der Waals surface area contributed by atoms with Crippen molar-refractivity contribution in [1.82, 2.24) is 24.0 Å². The van der Waals surface area contributed by atoms with E-state index in [4.69, 9.17) is 0 Å². The van der Waals surface area contributed by atoms with Crippen molar-refractivity contribution in [2.75, 3.05) is 25.9 Å². The Morgan fingerprint density at radius 3 is 2.39 bits per heavy atom. The second kappa shape index (κ2) is 7.90. The quantitative estimate of drug-likeness (QED) is 0.704. The number of aromatic nitrogens is 3. The van der Waals surface area contributed by atoms with Crippen molar-refractivity contribution < 1.29 is 26.4 Å². The first-order valence-electron chi connectivity index (χ1n) is 9.88. The van der Waals surface area contributed by atoms with Crippen LogP contribution in [0.3, 0.4) is 0 Å². The molecule has 1 saturated heterocycles. The highest BCUT2D eigenvalue weighted by Gasteiger charge is 2.37. The number of piperidine rings is 1. The molecule has 0 atom stereocenters. The fourth-order valence-corrected chi connectivity index (χ4v) is 4.99. The van der Waals surface area contributed by atoms with Crippen molar-refractivity contribution in [1.29, 1.82) is 0 Å². The largest absolute Gasteiger partial charge is 0.416 e. The second-order valence-electron chi connectivity index (χ2n) is 7.84. The third kappa shape index (κ3) is 4.31. The molecule has 12 heteroatoms. The molecule has 2 aliphatic rings. The Morgan fingerprint density at radius 2 is 1.74 bits per heavy atom. The summed E-state index contributed by atoms with van der Waals surface area (Å²) in [4.78, 5) is 14.5. The first-order valence-corrected chi connectivity index (χ1v) is 11.7. The Kier molecular flexibility index (Phi) is 5.54. The molecule has 168 valence electrons. The maximum Gasteiger partial charge on any atom is 0.416 e. The van der Waals surface area contributed by atoms with E-state index in [-0.39, 0.29) is 42.8 Å². The number of alkyl halides is 3. The van der Waals surface area contributed by atoms with Gasteiger partial charge in [0.25, 0.3) is 5.91 Å². The summed E-state index contributed by atoms with van der Waals surface area (Å²) in [5, 5.41) is 7.94. The third-order valence-corrected chi connectivity index (χ3v) is 7.12. The van der Waals surface area contributed by atoms with Gasteiger partial charge in [0, 0.05) is 26.2 Å². The van der Waals surface area contributed by atoms with Crippen LogP contribution in [0.1, 0.15) is 46.3 Å². The zero-order chi connectivity index (χ0) is 22.4. The summed E-state index contributed by atoms with van der Waals surface area (Å²) in [7, 11) is -3.37. The van der Waals surface area contributed by atoms with Gasteiger partial charge in [-0.1, -0.05) is 18.2 Å². The number of hydrogen-bond acceptors (Lipinski definition) is 5. The molecule has 1 aromatic heterocycles. The minimum atomic E-state index is -4.41. The molecule has 0 aliphatic carbocycles. The van der Waals surface area contributed by atoms with Crippen molar-refractivity contribution in [3.05, 3.63) is 47.0 Å². The van der Waals surface area contributed by atoms with Gasteiger partial charge in [0.2, 0.25) is 15.8 Å². The maximum atomic E-state index is 13.3. The molecule has 0 unspecified atom stereocenters. The van der Waals surface area contributed by atoms with Crippen LogP contribution < -0.4 is 0 Å². The molecular weight excluding hydrogens is 435 g/mol. The van der Waals surface area contributed by atoms with Crippen molar-refractivity contribution in [2.24, 2.45) is 0 Å². The molecule has 0 radical (unpaired) electrons. The van der Waals surface area contributed by atoms with Crippen molar-refractivity contribution in [3.8, 4) is 0 Å². The van der Waals surface area contributed by atoms with Gasteiger partial charge in [0.15, 0.2) is 0 Å². The number of benzene rings is 1. The fourth-order valence-electron chi connectivity index (χ4n) is 4.22. The standard InChI is InChI=1S/C19H22F3N5O3S/c1-31(29,30)26-10-11-27-16(12-26)23-24-17(27)18(28)25-8-6-13(7-9-25)14-4-2-3-5-15(14)19(20,21)22/h2-5,13H,6-12H2,1H3. The molecule has 2 aromatic rings. The van der Waals surface area contributed by atoms with Crippen LogP contribution in [0.15, 0.2) is 24.3 Å². The Labute approximate surface area is 177 Å². The lowest BCUT2D eigenvalue weighted by Crippen LogP contribution is -2.41. The van der Waals surface area contributed by atoms with E-state index < -0.39 is 21.8 Å². The molecule has 2 aliphatic heterocycles. The van der Waals surface area contributed by atoms with E-state index in [0.29, 0.717) is 31.8 Å². The maximum absolute atomic E-state index is 13.3. The van der Waals surface area contributed by atoms with Gasteiger partial charge in [-0.15, -0.1) is 10.2 Å². The molecule has 3 heterocycles. The Balaban J connectivity index is 1.46. The van der Waals surface area contributed by atoms with Gasteiger partial charge in [-0.2, -0.15) is 17.5 Å². The zero-order valence-electron chi connectivity index (χ0n) is 16.8. The van der Waals surface area contributed by atoms with E-state index in [1.807, 2.05) is 0 Å². The molecule has 8 nitrogen and oxygen atoms in total. The number of carbonyl (C=O) groups is 1. The zero-order valence-corrected chi connectivity index (χ0v) is 17.7. The summed E-state index contributed by atoms with van der Waals surface area (Å²) in [6.45, 7) is 1.17. The van der Waals surface area contributed by atoms with Crippen LogP contribution in [0.2, 0.25) is 0 Å². The number of fused-ring (bicyclic) bond motifs is 1. The predicted octanol–water partition coefficient (Wildman–Crippen LogP) is 2.09. The lowest BCUT2D eigenvalue weighted by atomic mass is 9.86. The van der Waals surface area contributed by atoms with Gasteiger partial charge >= 0.3 is 6.18 Å². The number of amides is 1. The average Bonchev–Trinajstić information content (AvgIpc) is 3.15. The number of hydrogen-bond donors (Lipinski definition) is 0. The van der Waals surface area contributed by atoms with E-state index >= 15 is 0 Å². The van der Waals surface area contributed by atoms with E-state index in [2.05, 4.69) is 10.2 Å². The van der Waals surface area contributed by atoms with Crippen LogP contribution >= 0.6 is 0 Å². The van der Waals surface area contributed by atoms with Crippen molar-refractivity contribution in [3.63, 3.8) is 0 Å². The molecule has 0 saturated carbocycles. The summed E-state index contributed by atoms with van der Waals surface area (Å²) in [6.07, 6.45) is -2.46. The van der Waals surface area contributed by atoms with E-state index in [1.165, 1.54) is 16.4 Å². The molecule has 1 aromatic carbocycles. The summed E-state index contributed by atoms with van der Waals surface area (Å²) in [5.41, 5.74) is -0.357. The van der Waals surface area contributed by atoms with E-state index in [9.17, 15) is 26.4 Å². The third-order valence-electron chi connectivity index (χ3n) is 5.87. The Morgan fingerprint density at radius 1 is 1.06 bits per heavy atom. The number of sulfonamides is 1. The summed E-state index contributed by atoms with van der Waals surface area (Å²) < 4.78 is 66.4. The van der Waals surface area contributed by atoms with Gasteiger partial charge in [-0.25, -0.2) is 8.42 Å². The number of nitrogens with zero attached hydrogens (tertiary/aromatic N) is 5. The lowest BCUT2D eigenvalue weighted by molar-refractivity contribution is -0.138. The number of rotatable bonds is 3. The van der Waals surface area contributed by atoms with Crippen LogP contribution in [-0.2, 0) is 29.3 Å². The Hall–Kier alpha value is -2.47. The molecule has 31 heavy (non-hydrogen) atoms. The fraction of sp³-hybridized carbons (Fsp3) is 0.526. The van der Waals surface area contributed by atoms with Gasteiger partial charge < -0.3 is 9.47 Å². The summed E-state index contributed by atoms with van der Waals surface area (Å²) >= 11 is 0. The van der Waals surface area contributed by atoms with E-state index in [0.717, 1.165) is 12.3 Å². The first-order chi connectivity index (χ1) is 14.6. The van der Waals surface area contributed by atoms with Crippen LogP contribution in [0.4, 0.5) is 13.2 Å². The van der Waals surface area contributed by atoms with Crippen molar-refractivity contribution in [2.45, 2.75) is 38.0 Å². The van der Waals surface area contributed by atoms with Crippen LogP contribution in [0.5, 0.6) is 0 Å². The molecule has 1 fully saturated rings. The highest BCUT2D eigenvalue weighted by Crippen LogP contribution is 2.38. The molecule has 0 N–H and O–H groups in total. The molecule has 4 rings (SSSR count). The SMILES string of the molecule is CS(=O)(=O)N1CCn2c(nnc2C(=O)N2CCC(c3ccccc3C(F)(F)F)CC2)C1. The highest BCUT2D eigenvalue weighted by atomic mass is 32.2. The Bertz CT molecular complexity index is 1090. The van der Waals surface area contributed by atoms with E-state index in [1.54, 1.807) is 15.5 Å². The molecule has 1 amide bonds. The summed E-state index contributed by atoms with van der Waals surface area (Å²) in [5.74, 6) is -0.0853. The molecular formula is C19H22F3N5O3S. The second-order valence-corrected chi connectivity index (χ2v) is 9.82. The normalized spacial score (nSPS) is 18.8. The minimum absolute atomic E-state index is 0.0510. The van der Waals surface area contributed by atoms with Gasteiger partial charge in [-0.05, 0) is 30.4 Å². The minimum Gasteiger partial charge on any atom is -0.336 e. The number of likely N-dealkylation sites (tertiary alicyclic amines) is 1. The molecule has 0 spiro atoms. The monoisotopic (exact) mass is 457 g/mol.